The van der Waals surface area contributed by atoms with Crippen molar-refractivity contribution < 1.29 is 4.39 Å². The molecule has 1 aromatic carbocycles. The Balaban J connectivity index is 2.30. The lowest BCUT2D eigenvalue weighted by molar-refractivity contribution is 0.604. The third-order valence-corrected chi connectivity index (χ3v) is 2.55. The minimum atomic E-state index is -0.329. The third-order valence-electron chi connectivity index (χ3n) is 2.55. The average Bonchev–Trinajstić information content (AvgIpc) is 2.63. The molecule has 1 heterocycles. The highest BCUT2D eigenvalue weighted by Gasteiger charge is 2.05. The molecule has 0 atom stereocenters. The zero-order valence-corrected chi connectivity index (χ0v) is 9.43. The molecule has 5 nitrogen and oxygen atoms in total. The van der Waals surface area contributed by atoms with Crippen LogP contribution in [0.25, 0.3) is 0 Å². The molecular formula is C11H13FN4O. The van der Waals surface area contributed by atoms with Gasteiger partial charge in [0, 0.05) is 19.2 Å². The van der Waals surface area contributed by atoms with Gasteiger partial charge in [-0.25, -0.2) is 13.9 Å². The summed E-state index contributed by atoms with van der Waals surface area (Å²) >= 11 is 0. The van der Waals surface area contributed by atoms with Crippen LogP contribution >= 0.6 is 0 Å². The number of nitrogens with zero attached hydrogens (tertiary/aromatic N) is 3. The van der Waals surface area contributed by atoms with E-state index in [2.05, 4.69) is 5.10 Å². The van der Waals surface area contributed by atoms with Gasteiger partial charge in [0.15, 0.2) is 0 Å². The fourth-order valence-electron chi connectivity index (χ4n) is 1.58. The van der Waals surface area contributed by atoms with Crippen LogP contribution in [0.3, 0.4) is 0 Å². The molecule has 0 fully saturated rings. The average molecular weight is 236 g/mol. The molecule has 17 heavy (non-hydrogen) atoms. The van der Waals surface area contributed by atoms with Gasteiger partial charge >= 0.3 is 5.69 Å². The van der Waals surface area contributed by atoms with Crippen molar-refractivity contribution in [3.63, 3.8) is 0 Å². The highest BCUT2D eigenvalue weighted by Crippen LogP contribution is 2.10. The van der Waals surface area contributed by atoms with E-state index in [1.165, 1.54) is 21.6 Å². The van der Waals surface area contributed by atoms with Crippen LogP contribution in [0.2, 0.25) is 0 Å². The fraction of sp³-hybridized carbons (Fsp3) is 0.273. The van der Waals surface area contributed by atoms with Crippen LogP contribution in [0.5, 0.6) is 0 Å². The van der Waals surface area contributed by atoms with E-state index in [0.717, 1.165) is 5.56 Å². The van der Waals surface area contributed by atoms with E-state index in [0.29, 0.717) is 12.1 Å². The van der Waals surface area contributed by atoms with Gasteiger partial charge in [0.25, 0.3) is 0 Å². The first-order valence-electron chi connectivity index (χ1n) is 5.17. The molecule has 2 rings (SSSR count). The molecule has 2 N–H and O–H groups in total. The molecule has 0 aliphatic carbocycles. The van der Waals surface area contributed by atoms with Gasteiger partial charge in [-0.1, -0.05) is 6.07 Å². The summed E-state index contributed by atoms with van der Waals surface area (Å²) in [5.74, 6) is -0.329. The van der Waals surface area contributed by atoms with E-state index in [9.17, 15) is 9.18 Å². The summed E-state index contributed by atoms with van der Waals surface area (Å²) in [4.78, 5) is 11.6. The Morgan fingerprint density at radius 3 is 2.82 bits per heavy atom. The van der Waals surface area contributed by atoms with Crippen molar-refractivity contribution in [1.29, 1.82) is 0 Å². The molecule has 1 aromatic heterocycles. The summed E-state index contributed by atoms with van der Waals surface area (Å²) < 4.78 is 15.9. The Morgan fingerprint density at radius 2 is 2.24 bits per heavy atom. The molecule has 0 bridgehead atoms. The van der Waals surface area contributed by atoms with Gasteiger partial charge in [-0.15, -0.1) is 0 Å². The van der Waals surface area contributed by atoms with Crippen LogP contribution in [0.1, 0.15) is 11.1 Å². The van der Waals surface area contributed by atoms with Crippen LogP contribution in [0.15, 0.2) is 29.3 Å². The van der Waals surface area contributed by atoms with Gasteiger partial charge in [0.05, 0.1) is 6.54 Å². The van der Waals surface area contributed by atoms with Gasteiger partial charge < -0.3 is 5.73 Å². The van der Waals surface area contributed by atoms with E-state index in [1.54, 1.807) is 19.2 Å². The maximum atomic E-state index is 13.2. The van der Waals surface area contributed by atoms with Crippen LogP contribution in [-0.4, -0.2) is 14.3 Å². The Morgan fingerprint density at radius 1 is 1.47 bits per heavy atom. The monoisotopic (exact) mass is 236 g/mol. The molecule has 0 radical (unpaired) electrons. The van der Waals surface area contributed by atoms with Crippen LogP contribution in [-0.2, 0) is 20.1 Å². The largest absolute Gasteiger partial charge is 0.345 e. The maximum Gasteiger partial charge on any atom is 0.345 e. The topological polar surface area (TPSA) is 65.8 Å². The van der Waals surface area contributed by atoms with Crippen molar-refractivity contribution in [2.45, 2.75) is 13.1 Å². The summed E-state index contributed by atoms with van der Waals surface area (Å²) in [6.45, 7) is 0.448. The van der Waals surface area contributed by atoms with Crippen molar-refractivity contribution in [1.82, 2.24) is 14.3 Å². The maximum absolute atomic E-state index is 13.2. The molecule has 0 amide bonds. The summed E-state index contributed by atoms with van der Waals surface area (Å²) in [5.41, 5.74) is 6.45. The fourth-order valence-corrected chi connectivity index (χ4v) is 1.58. The molecule has 0 saturated carbocycles. The second-order valence-electron chi connectivity index (χ2n) is 3.81. The number of hydrogen-bond donors (Lipinski definition) is 1. The minimum Gasteiger partial charge on any atom is -0.326 e. The first-order valence-corrected chi connectivity index (χ1v) is 5.17. The van der Waals surface area contributed by atoms with Crippen molar-refractivity contribution in [2.75, 3.05) is 0 Å². The highest BCUT2D eigenvalue weighted by atomic mass is 19.1. The first kappa shape index (κ1) is 11.5. The summed E-state index contributed by atoms with van der Waals surface area (Å²) in [7, 11) is 1.63. The van der Waals surface area contributed by atoms with E-state index >= 15 is 0 Å². The number of hydrogen-bond acceptors (Lipinski definition) is 3. The van der Waals surface area contributed by atoms with E-state index in [1.807, 2.05) is 0 Å². The van der Waals surface area contributed by atoms with Crippen molar-refractivity contribution in [2.24, 2.45) is 12.8 Å². The van der Waals surface area contributed by atoms with E-state index < -0.39 is 0 Å². The van der Waals surface area contributed by atoms with Crippen molar-refractivity contribution in [3.8, 4) is 0 Å². The van der Waals surface area contributed by atoms with Gasteiger partial charge in [-0.2, -0.15) is 5.10 Å². The molecule has 2 aromatic rings. The Labute approximate surface area is 97.3 Å². The van der Waals surface area contributed by atoms with Gasteiger partial charge in [0.1, 0.15) is 12.1 Å². The minimum absolute atomic E-state index is 0.136. The van der Waals surface area contributed by atoms with E-state index in [-0.39, 0.29) is 18.1 Å². The molecular weight excluding hydrogens is 223 g/mol. The van der Waals surface area contributed by atoms with Crippen LogP contribution in [0.4, 0.5) is 4.39 Å². The SMILES string of the molecule is Cn1cnn(Cc2ccc(F)c(CN)c2)c1=O. The summed E-state index contributed by atoms with van der Waals surface area (Å²) in [6, 6.07) is 4.62. The zero-order chi connectivity index (χ0) is 12.4. The summed E-state index contributed by atoms with van der Waals surface area (Å²) in [5, 5.41) is 3.93. The molecule has 0 saturated heterocycles. The van der Waals surface area contributed by atoms with Crippen LogP contribution < -0.4 is 11.4 Å². The molecule has 0 aliphatic rings. The Kier molecular flexibility index (Phi) is 3.06. The van der Waals surface area contributed by atoms with Crippen LogP contribution in [0, 0.1) is 5.82 Å². The van der Waals surface area contributed by atoms with E-state index in [4.69, 9.17) is 5.73 Å². The predicted octanol–water partition coefficient (Wildman–Crippen LogP) is 0.228. The lowest BCUT2D eigenvalue weighted by Crippen LogP contribution is -2.23. The number of benzene rings is 1. The number of aryl methyl sites for hydroxylation is 1. The Bertz CT molecular complexity index is 587. The second kappa shape index (κ2) is 4.50. The van der Waals surface area contributed by atoms with Gasteiger partial charge in [-0.05, 0) is 17.7 Å². The predicted molar refractivity (Wildman–Crippen MR) is 60.9 cm³/mol. The number of nitrogens with two attached hydrogens (primary N) is 1. The zero-order valence-electron chi connectivity index (χ0n) is 9.43. The first-order chi connectivity index (χ1) is 8.11. The Hall–Kier alpha value is -1.95. The van der Waals surface area contributed by atoms with Gasteiger partial charge in [-0.3, -0.25) is 4.57 Å². The molecule has 0 spiro atoms. The van der Waals surface area contributed by atoms with Crippen molar-refractivity contribution >= 4 is 0 Å². The number of rotatable bonds is 3. The third kappa shape index (κ3) is 2.26. The number of aromatic nitrogens is 3. The second-order valence-corrected chi connectivity index (χ2v) is 3.81. The molecule has 90 valence electrons. The molecule has 0 unspecified atom stereocenters. The van der Waals surface area contributed by atoms with Crippen molar-refractivity contribution in [3.05, 3.63) is 52.0 Å². The lowest BCUT2D eigenvalue weighted by atomic mass is 10.1. The lowest BCUT2D eigenvalue weighted by Gasteiger charge is -2.04. The molecule has 0 aliphatic heterocycles. The number of halogens is 1. The van der Waals surface area contributed by atoms with Gasteiger partial charge in [0.2, 0.25) is 0 Å². The summed E-state index contributed by atoms with van der Waals surface area (Å²) in [6.07, 6.45) is 1.44. The highest BCUT2D eigenvalue weighted by molar-refractivity contribution is 5.25. The molecule has 6 heteroatoms. The quantitative estimate of drug-likeness (QED) is 0.829. The standard InChI is InChI=1S/C11H13FN4O/c1-15-7-14-16(11(15)17)6-8-2-3-10(12)9(4-8)5-13/h2-4,7H,5-6,13H2,1H3. The normalized spacial score (nSPS) is 10.8. The smallest absolute Gasteiger partial charge is 0.326 e.